The molecule has 4 heteroatoms. The second-order valence-corrected chi connectivity index (χ2v) is 13.0. The second-order valence-electron chi connectivity index (χ2n) is 13.0. The van der Waals surface area contributed by atoms with Gasteiger partial charge in [-0.25, -0.2) is 9.97 Å². The Balaban J connectivity index is 1.24. The molecule has 0 spiro atoms. The van der Waals surface area contributed by atoms with Gasteiger partial charge in [-0.05, 0) is 75.1 Å². The molecule has 0 aliphatic heterocycles. The Labute approximate surface area is 286 Å². The summed E-state index contributed by atoms with van der Waals surface area (Å²) in [5, 5.41) is 10.1. The third-order valence-electron chi connectivity index (χ3n) is 10.2. The third kappa shape index (κ3) is 3.93. The predicted molar refractivity (Wildman–Crippen MR) is 207 cm³/mol. The van der Waals surface area contributed by atoms with Crippen molar-refractivity contribution in [3.63, 3.8) is 0 Å². The second kappa shape index (κ2) is 10.4. The molecule has 0 saturated heterocycles. The topological polar surface area (TPSA) is 43.9 Å². The molecule has 0 fully saturated rings. The smallest absolute Gasteiger partial charge is 0.235 e. The number of nitrogens with zero attached hydrogens (tertiary/aromatic N) is 3. The SMILES string of the molecule is c1ccc(-c2ccc3oc4c(ccc5c4c4c6ccccc6ccc4n5-c4nc(-c5ccc6ccccc6c5)c5ccccc5n4)c3c2)cc1. The summed E-state index contributed by atoms with van der Waals surface area (Å²) in [6.45, 7) is 0. The van der Waals surface area contributed by atoms with Crippen LogP contribution in [0.4, 0.5) is 0 Å². The minimum absolute atomic E-state index is 0.629. The Morgan fingerprint density at radius 2 is 1.12 bits per heavy atom. The van der Waals surface area contributed by atoms with Crippen molar-refractivity contribution in [3.8, 4) is 28.3 Å². The van der Waals surface area contributed by atoms with E-state index in [0.717, 1.165) is 65.9 Å². The summed E-state index contributed by atoms with van der Waals surface area (Å²) in [5.74, 6) is 0.629. The number of benzene rings is 8. The number of hydrogen-bond donors (Lipinski definition) is 0. The van der Waals surface area contributed by atoms with Crippen molar-refractivity contribution in [3.05, 3.63) is 164 Å². The Bertz CT molecular complexity index is 3150. The largest absolute Gasteiger partial charge is 0.455 e. The number of furan rings is 1. The Kier molecular flexibility index (Phi) is 5.63. The first kappa shape index (κ1) is 27.2. The first-order valence-electron chi connectivity index (χ1n) is 16.9. The fourth-order valence-electron chi connectivity index (χ4n) is 7.84. The molecular weight excluding hydrogens is 611 g/mol. The van der Waals surface area contributed by atoms with Crippen LogP contribution in [-0.4, -0.2) is 14.5 Å². The summed E-state index contributed by atoms with van der Waals surface area (Å²) < 4.78 is 9.03. The van der Waals surface area contributed by atoms with Crippen molar-refractivity contribution in [2.45, 2.75) is 0 Å². The lowest BCUT2D eigenvalue weighted by Crippen LogP contribution is -2.03. The maximum Gasteiger partial charge on any atom is 0.235 e. The van der Waals surface area contributed by atoms with E-state index in [1.54, 1.807) is 0 Å². The van der Waals surface area contributed by atoms with Crippen molar-refractivity contribution in [1.29, 1.82) is 0 Å². The lowest BCUT2D eigenvalue weighted by molar-refractivity contribution is 0.673. The van der Waals surface area contributed by atoms with E-state index in [4.69, 9.17) is 14.4 Å². The molecule has 232 valence electrons. The molecule has 0 aliphatic rings. The molecule has 0 bridgehead atoms. The van der Waals surface area contributed by atoms with E-state index in [1.165, 1.54) is 32.7 Å². The number of fused-ring (bicyclic) bond motifs is 11. The molecule has 3 aromatic heterocycles. The van der Waals surface area contributed by atoms with E-state index in [9.17, 15) is 0 Å². The van der Waals surface area contributed by atoms with Crippen molar-refractivity contribution in [2.24, 2.45) is 0 Å². The van der Waals surface area contributed by atoms with Gasteiger partial charge in [0.15, 0.2) is 0 Å². The summed E-state index contributed by atoms with van der Waals surface area (Å²) in [4.78, 5) is 10.6. The van der Waals surface area contributed by atoms with E-state index in [-0.39, 0.29) is 0 Å². The van der Waals surface area contributed by atoms with Gasteiger partial charge in [0.25, 0.3) is 0 Å². The lowest BCUT2D eigenvalue weighted by Gasteiger charge is -2.12. The number of aromatic nitrogens is 3. The molecule has 0 aliphatic carbocycles. The third-order valence-corrected chi connectivity index (χ3v) is 10.2. The van der Waals surface area contributed by atoms with Crippen LogP contribution in [0.2, 0.25) is 0 Å². The van der Waals surface area contributed by atoms with Gasteiger partial charge in [-0.2, -0.15) is 0 Å². The van der Waals surface area contributed by atoms with Crippen LogP contribution in [0.1, 0.15) is 0 Å². The number of hydrogen-bond acceptors (Lipinski definition) is 3. The highest BCUT2D eigenvalue weighted by atomic mass is 16.3. The van der Waals surface area contributed by atoms with Crippen LogP contribution in [-0.2, 0) is 0 Å². The molecular formula is C46H27N3O. The van der Waals surface area contributed by atoms with Crippen LogP contribution >= 0.6 is 0 Å². The molecule has 0 saturated carbocycles. The summed E-state index contributed by atoms with van der Waals surface area (Å²) in [5.41, 5.74) is 9.00. The molecule has 0 unspecified atom stereocenters. The van der Waals surface area contributed by atoms with E-state index < -0.39 is 0 Å². The van der Waals surface area contributed by atoms with Gasteiger partial charge in [0, 0.05) is 27.1 Å². The first-order chi connectivity index (χ1) is 24.8. The number of para-hydroxylation sites is 1. The highest BCUT2D eigenvalue weighted by Gasteiger charge is 2.23. The average Bonchev–Trinajstić information content (AvgIpc) is 3.73. The molecule has 8 aromatic carbocycles. The van der Waals surface area contributed by atoms with Gasteiger partial charge in [0.05, 0.1) is 27.6 Å². The lowest BCUT2D eigenvalue weighted by atomic mass is 10.0. The normalized spacial score (nSPS) is 12.0. The van der Waals surface area contributed by atoms with Gasteiger partial charge >= 0.3 is 0 Å². The van der Waals surface area contributed by atoms with Crippen LogP contribution in [0, 0.1) is 0 Å². The Hall–Kier alpha value is -6.78. The zero-order valence-corrected chi connectivity index (χ0v) is 26.8. The van der Waals surface area contributed by atoms with E-state index in [1.807, 2.05) is 6.07 Å². The molecule has 0 atom stereocenters. The van der Waals surface area contributed by atoms with Crippen molar-refractivity contribution < 1.29 is 4.42 Å². The summed E-state index contributed by atoms with van der Waals surface area (Å²) in [6, 6.07) is 57.7. The first-order valence-corrected chi connectivity index (χ1v) is 16.9. The van der Waals surface area contributed by atoms with E-state index in [2.05, 4.69) is 162 Å². The molecule has 0 amide bonds. The Morgan fingerprint density at radius 3 is 2.02 bits per heavy atom. The fourth-order valence-corrected chi connectivity index (χ4v) is 7.84. The average molecular weight is 638 g/mol. The number of rotatable bonds is 3. The Morgan fingerprint density at radius 1 is 0.420 bits per heavy atom. The van der Waals surface area contributed by atoms with Gasteiger partial charge in [-0.3, -0.25) is 4.57 Å². The van der Waals surface area contributed by atoms with Gasteiger partial charge < -0.3 is 4.42 Å². The van der Waals surface area contributed by atoms with E-state index >= 15 is 0 Å². The maximum atomic E-state index is 6.81. The zero-order chi connectivity index (χ0) is 32.8. The minimum Gasteiger partial charge on any atom is -0.455 e. The molecule has 0 radical (unpaired) electrons. The quantitative estimate of drug-likeness (QED) is 0.194. The standard InChI is InChI=1S/C46H27N3O/c1-2-10-28(11-3-1)32-21-25-41-37(27-32)35-22-24-40-43(45(35)50-41)42-34-15-7-6-13-30(34)20-23-39(42)49(40)46-47-38-17-9-8-16-36(38)44(48-46)33-19-18-29-12-4-5-14-31(29)26-33/h1-27H. The molecule has 11 aromatic rings. The molecule has 4 nitrogen and oxygen atoms in total. The van der Waals surface area contributed by atoms with Crippen molar-refractivity contribution in [1.82, 2.24) is 14.5 Å². The summed E-state index contributed by atoms with van der Waals surface area (Å²) in [6.07, 6.45) is 0. The minimum atomic E-state index is 0.629. The predicted octanol–water partition coefficient (Wildman–Crippen LogP) is 12.3. The van der Waals surface area contributed by atoms with Gasteiger partial charge in [0.2, 0.25) is 5.95 Å². The van der Waals surface area contributed by atoms with Gasteiger partial charge in [-0.15, -0.1) is 0 Å². The van der Waals surface area contributed by atoms with Crippen LogP contribution in [0.5, 0.6) is 0 Å². The van der Waals surface area contributed by atoms with Crippen molar-refractivity contribution >= 4 is 76.2 Å². The molecule has 0 N–H and O–H groups in total. The monoisotopic (exact) mass is 637 g/mol. The highest BCUT2D eigenvalue weighted by Crippen LogP contribution is 2.44. The van der Waals surface area contributed by atoms with Gasteiger partial charge in [-0.1, -0.05) is 121 Å². The molecule has 50 heavy (non-hydrogen) atoms. The fraction of sp³-hybridized carbons (Fsp3) is 0. The summed E-state index contributed by atoms with van der Waals surface area (Å²) in [7, 11) is 0. The highest BCUT2D eigenvalue weighted by molar-refractivity contribution is 6.29. The summed E-state index contributed by atoms with van der Waals surface area (Å²) >= 11 is 0. The maximum absolute atomic E-state index is 6.81. The van der Waals surface area contributed by atoms with Crippen LogP contribution in [0.25, 0.3) is 105 Å². The van der Waals surface area contributed by atoms with Crippen LogP contribution < -0.4 is 0 Å². The zero-order valence-electron chi connectivity index (χ0n) is 26.8. The molecule has 3 heterocycles. The van der Waals surface area contributed by atoms with Gasteiger partial charge in [0.1, 0.15) is 11.2 Å². The molecule has 11 rings (SSSR count). The van der Waals surface area contributed by atoms with Crippen LogP contribution in [0.3, 0.4) is 0 Å². The van der Waals surface area contributed by atoms with E-state index in [0.29, 0.717) is 5.95 Å². The van der Waals surface area contributed by atoms with Crippen molar-refractivity contribution in [2.75, 3.05) is 0 Å². The van der Waals surface area contributed by atoms with Crippen LogP contribution in [0.15, 0.2) is 168 Å².